The molecule has 3 saturated carbocycles. The van der Waals surface area contributed by atoms with Gasteiger partial charge in [-0.25, -0.2) is 4.79 Å². The van der Waals surface area contributed by atoms with E-state index < -0.39 is 11.2 Å². The summed E-state index contributed by atoms with van der Waals surface area (Å²) in [5.74, 6) is 1.70. The summed E-state index contributed by atoms with van der Waals surface area (Å²) in [6, 6.07) is 0. The number of hydrogen-bond acceptors (Lipinski definition) is 5. The van der Waals surface area contributed by atoms with E-state index >= 15 is 0 Å². The fraction of sp³-hybridized carbons (Fsp3) is 0.867. The Morgan fingerprint density at radius 2 is 1.77 bits per heavy atom. The van der Waals surface area contributed by atoms with E-state index in [0.29, 0.717) is 30.1 Å². The van der Waals surface area contributed by atoms with Gasteiger partial charge in [-0.3, -0.25) is 4.79 Å². The van der Waals surface area contributed by atoms with Gasteiger partial charge >= 0.3 is 11.9 Å². The molecule has 9 atom stereocenters. The highest BCUT2D eigenvalue weighted by atomic mass is 16.6. The molecule has 35 heavy (non-hydrogen) atoms. The van der Waals surface area contributed by atoms with Crippen LogP contribution in [0.5, 0.6) is 0 Å². The van der Waals surface area contributed by atoms with Crippen molar-refractivity contribution >= 4 is 11.9 Å². The van der Waals surface area contributed by atoms with E-state index in [2.05, 4.69) is 26.8 Å². The van der Waals surface area contributed by atoms with Crippen LogP contribution in [0.1, 0.15) is 106 Å². The first-order valence-electron chi connectivity index (χ1n) is 14.1. The summed E-state index contributed by atoms with van der Waals surface area (Å²) in [6.45, 7) is 13.0. The number of carbonyl (C=O) groups excluding carboxylic acids is 2. The summed E-state index contributed by atoms with van der Waals surface area (Å²) >= 11 is 0. The van der Waals surface area contributed by atoms with Crippen molar-refractivity contribution in [2.24, 2.45) is 40.4 Å². The van der Waals surface area contributed by atoms with Crippen LogP contribution in [0.15, 0.2) is 11.6 Å². The molecule has 2 heterocycles. The zero-order chi connectivity index (χ0) is 25.4. The zero-order valence-electron chi connectivity index (χ0n) is 22.7. The van der Waals surface area contributed by atoms with Crippen LogP contribution in [0.25, 0.3) is 0 Å². The Morgan fingerprint density at radius 3 is 2.40 bits per heavy atom. The third kappa shape index (κ3) is 3.81. The SMILES string of the molecule is CC1=CC[C@@H]([C@@H](C)[C@H]2CC[C@@]3(C)[C@@H]4CC[C@@H](C(C)(C)O)[C@@]5(CCC(=O)O5)C[C@H]4CC[C@]23C)OC1=O. The first-order chi connectivity index (χ1) is 16.3. The van der Waals surface area contributed by atoms with Gasteiger partial charge in [0.15, 0.2) is 0 Å². The van der Waals surface area contributed by atoms with Crippen molar-refractivity contribution in [2.75, 3.05) is 0 Å². The largest absolute Gasteiger partial charge is 0.459 e. The van der Waals surface area contributed by atoms with Gasteiger partial charge in [0, 0.05) is 24.3 Å². The molecule has 1 spiro atoms. The lowest BCUT2D eigenvalue weighted by Crippen LogP contribution is -2.52. The quantitative estimate of drug-likeness (QED) is 0.497. The molecule has 5 nitrogen and oxygen atoms in total. The van der Waals surface area contributed by atoms with Gasteiger partial charge < -0.3 is 14.6 Å². The van der Waals surface area contributed by atoms with Crippen molar-refractivity contribution in [2.45, 2.75) is 123 Å². The average Bonchev–Trinajstić information content (AvgIpc) is 3.20. The van der Waals surface area contributed by atoms with Crippen LogP contribution in [0.3, 0.4) is 0 Å². The van der Waals surface area contributed by atoms with Crippen LogP contribution in [0.2, 0.25) is 0 Å². The van der Waals surface area contributed by atoms with Crippen molar-refractivity contribution in [1.82, 2.24) is 0 Å². The molecular weight excluding hydrogens is 440 g/mol. The topological polar surface area (TPSA) is 72.8 Å². The molecule has 5 aliphatic rings. The molecule has 4 fully saturated rings. The molecule has 0 aromatic heterocycles. The lowest BCUT2D eigenvalue weighted by Gasteiger charge is -2.57. The predicted octanol–water partition coefficient (Wildman–Crippen LogP) is 5.98. The number of esters is 2. The second-order valence-corrected chi connectivity index (χ2v) is 13.8. The van der Waals surface area contributed by atoms with E-state index in [1.807, 2.05) is 20.8 Å². The molecule has 0 amide bonds. The van der Waals surface area contributed by atoms with Gasteiger partial charge in [0.25, 0.3) is 0 Å². The van der Waals surface area contributed by atoms with E-state index in [9.17, 15) is 14.7 Å². The van der Waals surface area contributed by atoms with Crippen molar-refractivity contribution in [1.29, 1.82) is 0 Å². The number of rotatable bonds is 3. The third-order valence-corrected chi connectivity index (χ3v) is 11.9. The second kappa shape index (κ2) is 8.33. The lowest BCUT2D eigenvalue weighted by atomic mass is 9.48. The van der Waals surface area contributed by atoms with Crippen LogP contribution in [-0.4, -0.2) is 34.4 Å². The van der Waals surface area contributed by atoms with Gasteiger partial charge in [0.1, 0.15) is 11.7 Å². The third-order valence-electron chi connectivity index (χ3n) is 11.9. The van der Waals surface area contributed by atoms with Crippen LogP contribution in [0, 0.1) is 40.4 Å². The highest BCUT2D eigenvalue weighted by Crippen LogP contribution is 2.71. The van der Waals surface area contributed by atoms with Gasteiger partial charge in [-0.1, -0.05) is 26.8 Å². The molecule has 1 N–H and O–H groups in total. The normalized spacial score (nSPS) is 46.8. The van der Waals surface area contributed by atoms with Gasteiger partial charge in [-0.15, -0.1) is 0 Å². The van der Waals surface area contributed by atoms with Crippen LogP contribution in [-0.2, 0) is 19.1 Å². The van der Waals surface area contributed by atoms with Crippen molar-refractivity contribution in [3.63, 3.8) is 0 Å². The number of hydrogen-bond donors (Lipinski definition) is 1. The fourth-order valence-electron chi connectivity index (χ4n) is 9.87. The fourth-order valence-corrected chi connectivity index (χ4v) is 9.87. The van der Waals surface area contributed by atoms with Crippen molar-refractivity contribution in [3.8, 4) is 0 Å². The summed E-state index contributed by atoms with van der Waals surface area (Å²) in [4.78, 5) is 24.6. The highest BCUT2D eigenvalue weighted by Gasteiger charge is 2.65. The maximum atomic E-state index is 12.3. The second-order valence-electron chi connectivity index (χ2n) is 13.8. The zero-order valence-corrected chi connectivity index (χ0v) is 22.7. The molecule has 5 heteroatoms. The molecule has 196 valence electrons. The molecule has 2 aliphatic heterocycles. The Hall–Kier alpha value is -1.36. The smallest absolute Gasteiger partial charge is 0.333 e. The number of cyclic esters (lactones) is 1. The summed E-state index contributed by atoms with van der Waals surface area (Å²) in [6.07, 6.45) is 11.7. The van der Waals surface area contributed by atoms with Gasteiger partial charge in [0.2, 0.25) is 0 Å². The molecule has 0 bridgehead atoms. The summed E-state index contributed by atoms with van der Waals surface area (Å²) in [5, 5.41) is 11.2. The molecule has 0 aromatic rings. The maximum Gasteiger partial charge on any atom is 0.333 e. The van der Waals surface area contributed by atoms with Gasteiger partial charge in [-0.2, -0.15) is 0 Å². The van der Waals surface area contributed by atoms with Crippen LogP contribution >= 0.6 is 0 Å². The van der Waals surface area contributed by atoms with Gasteiger partial charge in [-0.05, 0) is 107 Å². The van der Waals surface area contributed by atoms with Gasteiger partial charge in [0.05, 0.1) is 5.60 Å². The number of aliphatic hydroxyl groups is 1. The van der Waals surface area contributed by atoms with E-state index in [0.717, 1.165) is 44.1 Å². The summed E-state index contributed by atoms with van der Waals surface area (Å²) in [7, 11) is 0. The summed E-state index contributed by atoms with van der Waals surface area (Å²) in [5.41, 5.74) is -0.240. The van der Waals surface area contributed by atoms with E-state index in [1.54, 1.807) is 0 Å². The minimum absolute atomic E-state index is 0.0188. The Labute approximate surface area is 211 Å². The number of carbonyl (C=O) groups is 2. The highest BCUT2D eigenvalue weighted by molar-refractivity contribution is 5.88. The molecular formula is C30H46O5. The number of ether oxygens (including phenoxy) is 2. The molecule has 5 rings (SSSR count). The Morgan fingerprint density at radius 1 is 1.06 bits per heavy atom. The molecule has 0 unspecified atom stereocenters. The molecule has 1 saturated heterocycles. The molecule has 0 radical (unpaired) electrons. The average molecular weight is 487 g/mol. The van der Waals surface area contributed by atoms with Crippen molar-refractivity contribution in [3.05, 3.63) is 11.6 Å². The lowest BCUT2D eigenvalue weighted by molar-refractivity contribution is -0.167. The molecule has 3 aliphatic carbocycles. The van der Waals surface area contributed by atoms with Crippen LogP contribution in [0.4, 0.5) is 0 Å². The van der Waals surface area contributed by atoms with E-state index in [1.165, 1.54) is 19.3 Å². The molecule has 0 aromatic carbocycles. The Kier molecular flexibility index (Phi) is 6.02. The van der Waals surface area contributed by atoms with Crippen LogP contribution < -0.4 is 0 Å². The monoisotopic (exact) mass is 486 g/mol. The van der Waals surface area contributed by atoms with E-state index in [-0.39, 0.29) is 34.8 Å². The minimum Gasteiger partial charge on any atom is -0.459 e. The maximum absolute atomic E-state index is 12.3. The standard InChI is InChI=1S/C30H46O5/c1-18-7-9-23(34-26(18)32)19(2)21-12-15-29(6)22-8-10-24(27(3,4)33)30(16-13-25(31)35-30)17-20(22)11-14-28(21,29)5/h7,19-24,33H,8-17H2,1-6H3/t19-,20+,21+,22+,23-,24-,28+,29-,30+/m0/s1. The first-order valence-corrected chi connectivity index (χ1v) is 14.1. The van der Waals surface area contributed by atoms with Crippen molar-refractivity contribution < 1.29 is 24.2 Å². The van der Waals surface area contributed by atoms with E-state index in [4.69, 9.17) is 9.47 Å². The Balaban J connectivity index is 1.42. The first kappa shape index (κ1) is 25.3. The summed E-state index contributed by atoms with van der Waals surface area (Å²) < 4.78 is 12.0. The Bertz CT molecular complexity index is 916. The minimum atomic E-state index is -0.869. The predicted molar refractivity (Wildman–Crippen MR) is 134 cm³/mol. The number of fused-ring (bicyclic) bond motifs is 3.